The molecule has 4 heteroatoms. The number of phenolic OH excluding ortho intramolecular Hbond substituents is 1. The SMILES string of the molecule is Oc1ccc(-n2c3ccccc3c3cc(-c4ccc5c(c4)c4ccccc4n5-c4cccc(-n5c6ccccc6c6ccccc65)c4)ccc32)cc1. The number of hydrogen-bond acceptors (Lipinski definition) is 1. The fraction of sp³-hybridized carbons (Fsp3) is 0. The molecule has 52 heavy (non-hydrogen) atoms. The maximum absolute atomic E-state index is 9.96. The summed E-state index contributed by atoms with van der Waals surface area (Å²) in [5.74, 6) is 0.263. The van der Waals surface area contributed by atoms with Gasteiger partial charge in [-0.15, -0.1) is 0 Å². The van der Waals surface area contributed by atoms with E-state index in [1.54, 1.807) is 12.1 Å². The Morgan fingerprint density at radius 3 is 1.08 bits per heavy atom. The van der Waals surface area contributed by atoms with Gasteiger partial charge in [0.2, 0.25) is 0 Å². The molecule has 0 saturated carbocycles. The Labute approximate surface area is 299 Å². The molecule has 0 radical (unpaired) electrons. The lowest BCUT2D eigenvalue weighted by molar-refractivity contribution is 0.475. The molecule has 0 spiro atoms. The summed E-state index contributed by atoms with van der Waals surface area (Å²) in [5, 5.41) is 17.3. The number of para-hydroxylation sites is 4. The monoisotopic (exact) mass is 665 g/mol. The fourth-order valence-corrected chi connectivity index (χ4v) is 8.43. The van der Waals surface area contributed by atoms with Gasteiger partial charge in [-0.25, -0.2) is 0 Å². The van der Waals surface area contributed by atoms with E-state index in [0.29, 0.717) is 0 Å². The molecule has 0 fully saturated rings. The van der Waals surface area contributed by atoms with Gasteiger partial charge >= 0.3 is 0 Å². The molecular weight excluding hydrogens is 635 g/mol. The number of benzene rings is 8. The maximum Gasteiger partial charge on any atom is 0.115 e. The normalized spacial score (nSPS) is 11.9. The van der Waals surface area contributed by atoms with Crippen molar-refractivity contribution in [2.45, 2.75) is 0 Å². The summed E-state index contributed by atoms with van der Waals surface area (Å²) < 4.78 is 7.06. The van der Waals surface area contributed by atoms with E-state index in [2.05, 4.69) is 171 Å². The van der Waals surface area contributed by atoms with Crippen molar-refractivity contribution < 1.29 is 5.11 Å². The molecule has 0 amide bonds. The minimum atomic E-state index is 0.263. The van der Waals surface area contributed by atoms with E-state index < -0.39 is 0 Å². The Bertz CT molecular complexity index is 3140. The molecule has 8 aromatic carbocycles. The van der Waals surface area contributed by atoms with Gasteiger partial charge in [-0.1, -0.05) is 91.0 Å². The van der Waals surface area contributed by atoms with Crippen molar-refractivity contribution in [3.05, 3.63) is 182 Å². The highest BCUT2D eigenvalue weighted by Gasteiger charge is 2.17. The van der Waals surface area contributed by atoms with Crippen molar-refractivity contribution in [2.24, 2.45) is 0 Å². The molecule has 0 saturated heterocycles. The molecule has 0 bridgehead atoms. The zero-order valence-corrected chi connectivity index (χ0v) is 28.1. The molecule has 3 heterocycles. The Morgan fingerprint density at radius 1 is 0.269 bits per heavy atom. The summed E-state index contributed by atoms with van der Waals surface area (Å²) in [6.45, 7) is 0. The van der Waals surface area contributed by atoms with Gasteiger partial charge in [0.1, 0.15) is 5.75 Å². The standard InChI is InChI=1S/C48H31N3O/c52-36-24-22-33(23-25-36)49-45-18-7-3-14-39(45)41-28-31(20-26-47(41)49)32-21-27-48-42(29-32)40-15-4-8-19-46(40)51(48)35-11-9-10-34(30-35)50-43-16-5-1-12-37(43)38-13-2-6-17-44(38)50/h1-30,52H. The second-order valence-electron chi connectivity index (χ2n) is 13.6. The van der Waals surface area contributed by atoms with Crippen LogP contribution in [0.4, 0.5) is 0 Å². The smallest absolute Gasteiger partial charge is 0.115 e. The van der Waals surface area contributed by atoms with Gasteiger partial charge in [-0.2, -0.15) is 0 Å². The van der Waals surface area contributed by atoms with Gasteiger partial charge in [0, 0.05) is 49.4 Å². The van der Waals surface area contributed by atoms with Crippen LogP contribution in [0.2, 0.25) is 0 Å². The number of aromatic hydroxyl groups is 1. The van der Waals surface area contributed by atoms with E-state index >= 15 is 0 Å². The molecule has 0 aliphatic heterocycles. The van der Waals surface area contributed by atoms with Crippen molar-refractivity contribution in [1.82, 2.24) is 13.7 Å². The molecule has 4 nitrogen and oxygen atoms in total. The summed E-state index contributed by atoms with van der Waals surface area (Å²) in [6, 6.07) is 64.7. The predicted octanol–water partition coefficient (Wildman–Crippen LogP) is 12.4. The summed E-state index contributed by atoms with van der Waals surface area (Å²) in [7, 11) is 0. The number of fused-ring (bicyclic) bond motifs is 9. The minimum Gasteiger partial charge on any atom is -0.508 e. The van der Waals surface area contributed by atoms with Gasteiger partial charge in [-0.05, 0) is 102 Å². The van der Waals surface area contributed by atoms with Crippen molar-refractivity contribution in [3.8, 4) is 33.9 Å². The molecule has 244 valence electrons. The summed E-state index contributed by atoms with van der Waals surface area (Å²) in [4.78, 5) is 0. The third-order valence-corrected chi connectivity index (χ3v) is 10.7. The molecule has 0 aliphatic carbocycles. The first-order valence-electron chi connectivity index (χ1n) is 17.7. The molecule has 0 atom stereocenters. The quantitative estimate of drug-likeness (QED) is 0.199. The average molecular weight is 666 g/mol. The molecule has 0 unspecified atom stereocenters. The lowest BCUT2D eigenvalue weighted by atomic mass is 10.0. The lowest BCUT2D eigenvalue weighted by Gasteiger charge is -2.13. The van der Waals surface area contributed by atoms with Crippen LogP contribution in [-0.2, 0) is 0 Å². The lowest BCUT2D eigenvalue weighted by Crippen LogP contribution is -1.98. The third-order valence-electron chi connectivity index (χ3n) is 10.7. The molecule has 0 aliphatic rings. The van der Waals surface area contributed by atoms with Crippen LogP contribution in [0, 0.1) is 0 Å². The van der Waals surface area contributed by atoms with Crippen molar-refractivity contribution in [2.75, 3.05) is 0 Å². The largest absolute Gasteiger partial charge is 0.508 e. The van der Waals surface area contributed by atoms with E-state index in [1.807, 2.05) is 12.1 Å². The fourth-order valence-electron chi connectivity index (χ4n) is 8.43. The molecule has 11 rings (SSSR count). The molecule has 11 aromatic rings. The molecule has 1 N–H and O–H groups in total. The zero-order valence-electron chi connectivity index (χ0n) is 28.1. The topological polar surface area (TPSA) is 35.0 Å². The highest BCUT2D eigenvalue weighted by atomic mass is 16.3. The first-order valence-corrected chi connectivity index (χ1v) is 17.7. The van der Waals surface area contributed by atoms with Crippen LogP contribution in [-0.4, -0.2) is 18.8 Å². The van der Waals surface area contributed by atoms with Crippen LogP contribution >= 0.6 is 0 Å². The van der Waals surface area contributed by atoms with Gasteiger partial charge in [-0.3, -0.25) is 0 Å². The van der Waals surface area contributed by atoms with Crippen molar-refractivity contribution in [3.63, 3.8) is 0 Å². The van der Waals surface area contributed by atoms with Gasteiger partial charge in [0.15, 0.2) is 0 Å². The second kappa shape index (κ2) is 11.0. The van der Waals surface area contributed by atoms with Crippen LogP contribution < -0.4 is 0 Å². The summed E-state index contributed by atoms with van der Waals surface area (Å²) in [6.07, 6.45) is 0. The zero-order chi connectivity index (χ0) is 34.3. The van der Waals surface area contributed by atoms with Crippen LogP contribution in [0.25, 0.3) is 93.6 Å². The highest BCUT2D eigenvalue weighted by molar-refractivity contribution is 6.13. The first-order chi connectivity index (χ1) is 25.7. The first kappa shape index (κ1) is 28.8. The Balaban J connectivity index is 1.08. The van der Waals surface area contributed by atoms with E-state index in [9.17, 15) is 5.11 Å². The number of aromatic nitrogens is 3. The minimum absolute atomic E-state index is 0.263. The predicted molar refractivity (Wildman–Crippen MR) is 217 cm³/mol. The molecular formula is C48H31N3O. The summed E-state index contributed by atoms with van der Waals surface area (Å²) in [5.41, 5.74) is 12.7. The molecule has 3 aromatic heterocycles. The highest BCUT2D eigenvalue weighted by Crippen LogP contribution is 2.39. The van der Waals surface area contributed by atoms with Gasteiger partial charge in [0.25, 0.3) is 0 Å². The van der Waals surface area contributed by atoms with E-state index in [4.69, 9.17) is 0 Å². The maximum atomic E-state index is 9.96. The van der Waals surface area contributed by atoms with Crippen LogP contribution in [0.5, 0.6) is 5.75 Å². The summed E-state index contributed by atoms with van der Waals surface area (Å²) >= 11 is 0. The van der Waals surface area contributed by atoms with Crippen LogP contribution in [0.15, 0.2) is 182 Å². The van der Waals surface area contributed by atoms with Crippen LogP contribution in [0.1, 0.15) is 0 Å². The number of rotatable bonds is 4. The third kappa shape index (κ3) is 4.15. The Morgan fingerprint density at radius 2 is 0.635 bits per heavy atom. The van der Waals surface area contributed by atoms with Crippen molar-refractivity contribution >= 4 is 65.4 Å². The Kier molecular flexibility index (Phi) is 6.07. The average Bonchev–Trinajstić information content (AvgIpc) is 3.84. The van der Waals surface area contributed by atoms with Gasteiger partial charge in [0.05, 0.1) is 33.1 Å². The second-order valence-corrected chi connectivity index (χ2v) is 13.6. The van der Waals surface area contributed by atoms with Crippen LogP contribution in [0.3, 0.4) is 0 Å². The van der Waals surface area contributed by atoms with E-state index in [1.165, 1.54) is 65.5 Å². The van der Waals surface area contributed by atoms with Crippen molar-refractivity contribution in [1.29, 1.82) is 0 Å². The van der Waals surface area contributed by atoms with E-state index in [-0.39, 0.29) is 5.75 Å². The number of phenols is 1. The number of nitrogens with zero attached hydrogens (tertiary/aromatic N) is 3. The Hall–Kier alpha value is -7.04. The number of hydrogen-bond donors (Lipinski definition) is 1. The van der Waals surface area contributed by atoms with E-state index in [0.717, 1.165) is 28.1 Å². The van der Waals surface area contributed by atoms with Gasteiger partial charge < -0.3 is 18.8 Å².